The van der Waals surface area contributed by atoms with Crippen molar-refractivity contribution in [2.24, 2.45) is 0 Å². The second kappa shape index (κ2) is 5.41. The van der Waals surface area contributed by atoms with Gasteiger partial charge < -0.3 is 0 Å². The normalized spacial score (nSPS) is 13.1. The number of rotatable bonds is 0. The SMILES string of the molecule is O=c1c2sc3c(=O)n4c(nc5scc(Br)c54)c4ccc(c2c34)c2nc3scc(Br)c3n12. The lowest BCUT2D eigenvalue weighted by atomic mass is 10.0. The second-order valence-corrected chi connectivity index (χ2v) is 11.7. The Balaban J connectivity index is 1.74. The van der Waals surface area contributed by atoms with E-state index in [0.717, 1.165) is 51.2 Å². The summed E-state index contributed by atoms with van der Waals surface area (Å²) in [5.41, 5.74) is 2.53. The van der Waals surface area contributed by atoms with E-state index in [1.165, 1.54) is 34.0 Å². The van der Waals surface area contributed by atoms with Crippen molar-refractivity contribution in [3.05, 3.63) is 52.5 Å². The first-order chi connectivity index (χ1) is 15.0. The van der Waals surface area contributed by atoms with E-state index in [0.29, 0.717) is 20.7 Å². The Bertz CT molecular complexity index is 2030. The van der Waals surface area contributed by atoms with Crippen LogP contribution in [0.1, 0.15) is 0 Å². The number of hydrogen-bond donors (Lipinski definition) is 0. The minimum atomic E-state index is -0.142. The average molecular weight is 588 g/mol. The number of thiophene rings is 3. The molecule has 7 aromatic heterocycles. The molecule has 148 valence electrons. The summed E-state index contributed by atoms with van der Waals surface area (Å²) in [6.07, 6.45) is 0. The van der Waals surface area contributed by atoms with Crippen LogP contribution in [0.15, 0.2) is 41.4 Å². The summed E-state index contributed by atoms with van der Waals surface area (Å²) in [5, 5.41) is 7.26. The van der Waals surface area contributed by atoms with Crippen LogP contribution in [-0.4, -0.2) is 18.8 Å². The van der Waals surface area contributed by atoms with Crippen molar-refractivity contribution in [2.75, 3.05) is 0 Å². The first kappa shape index (κ1) is 17.4. The molecule has 0 unspecified atom stereocenters. The minimum Gasteiger partial charge on any atom is -0.267 e. The molecule has 8 rings (SSSR count). The van der Waals surface area contributed by atoms with Crippen molar-refractivity contribution in [3.63, 3.8) is 0 Å². The van der Waals surface area contributed by atoms with Gasteiger partial charge >= 0.3 is 0 Å². The fourth-order valence-electron chi connectivity index (χ4n) is 4.62. The van der Waals surface area contributed by atoms with Gasteiger partial charge in [0, 0.05) is 32.3 Å². The predicted octanol–water partition coefficient (Wildman–Crippen LogP) is 6.05. The van der Waals surface area contributed by atoms with Crippen LogP contribution < -0.4 is 11.1 Å². The smallest absolute Gasteiger partial charge is 0.267 e. The summed E-state index contributed by atoms with van der Waals surface area (Å²) in [7, 11) is 0. The molecule has 0 bridgehead atoms. The van der Waals surface area contributed by atoms with Gasteiger partial charge in [0.25, 0.3) is 11.1 Å². The topological polar surface area (TPSA) is 68.7 Å². The molecule has 7 heterocycles. The summed E-state index contributed by atoms with van der Waals surface area (Å²) in [5.74, 6) is 0. The molecule has 0 amide bonds. The van der Waals surface area contributed by atoms with E-state index in [-0.39, 0.29) is 11.1 Å². The lowest BCUT2D eigenvalue weighted by molar-refractivity contribution is 1.19. The van der Waals surface area contributed by atoms with Crippen molar-refractivity contribution < 1.29 is 0 Å². The molecule has 0 spiro atoms. The molecule has 0 radical (unpaired) electrons. The minimum absolute atomic E-state index is 0.142. The lowest BCUT2D eigenvalue weighted by Crippen LogP contribution is -2.12. The Morgan fingerprint density at radius 3 is 1.65 bits per heavy atom. The van der Waals surface area contributed by atoms with Gasteiger partial charge in [0.05, 0.1) is 8.95 Å². The number of fused-ring (bicyclic) bond motifs is 8. The van der Waals surface area contributed by atoms with Crippen LogP contribution in [0, 0.1) is 0 Å². The van der Waals surface area contributed by atoms with Gasteiger partial charge in [-0.1, -0.05) is 0 Å². The quantitative estimate of drug-likeness (QED) is 0.202. The first-order valence-electron chi connectivity index (χ1n) is 9.05. The van der Waals surface area contributed by atoms with E-state index in [9.17, 15) is 9.59 Å². The standard InChI is InChI=1S/C20H4Br2N4O2S3/c21-7-3-29-17-11(7)25-15(23-17)5-1-2-6-10-9(5)13(19(25)27)31-14(10)20(28)26-12-8(22)4-30-18(12)24-16(6)26/h1-4H. The van der Waals surface area contributed by atoms with Gasteiger partial charge in [0.1, 0.15) is 41.4 Å². The van der Waals surface area contributed by atoms with Crippen LogP contribution in [0.25, 0.3) is 62.9 Å². The molecule has 0 fully saturated rings. The first-order valence-corrected chi connectivity index (χ1v) is 13.2. The molecule has 0 aliphatic rings. The van der Waals surface area contributed by atoms with Crippen molar-refractivity contribution in [2.45, 2.75) is 0 Å². The van der Waals surface area contributed by atoms with Crippen LogP contribution in [0.4, 0.5) is 0 Å². The molecular formula is C20H4Br2N4O2S3. The summed E-state index contributed by atoms with van der Waals surface area (Å²) < 4.78 is 6.18. The highest BCUT2D eigenvalue weighted by Crippen LogP contribution is 2.42. The Morgan fingerprint density at radius 2 is 1.19 bits per heavy atom. The molecular weight excluding hydrogens is 584 g/mol. The van der Waals surface area contributed by atoms with Gasteiger partial charge in [-0.05, 0) is 44.0 Å². The monoisotopic (exact) mass is 586 g/mol. The Hall–Kier alpha value is -2.18. The highest BCUT2D eigenvalue weighted by molar-refractivity contribution is 9.11. The Labute approximate surface area is 198 Å². The van der Waals surface area contributed by atoms with Gasteiger partial charge in [0.2, 0.25) is 0 Å². The van der Waals surface area contributed by atoms with Gasteiger partial charge in [-0.15, -0.1) is 34.0 Å². The number of benzene rings is 1. The molecule has 0 N–H and O–H groups in total. The molecule has 8 aromatic rings. The van der Waals surface area contributed by atoms with E-state index < -0.39 is 0 Å². The van der Waals surface area contributed by atoms with E-state index >= 15 is 0 Å². The zero-order valence-corrected chi connectivity index (χ0v) is 20.5. The number of pyridine rings is 2. The van der Waals surface area contributed by atoms with E-state index in [1.807, 2.05) is 22.9 Å². The van der Waals surface area contributed by atoms with Crippen LogP contribution in [0.3, 0.4) is 0 Å². The third kappa shape index (κ3) is 1.82. The molecule has 0 aliphatic heterocycles. The van der Waals surface area contributed by atoms with Crippen molar-refractivity contribution in [1.29, 1.82) is 0 Å². The largest absolute Gasteiger partial charge is 0.274 e. The number of imidazole rings is 2. The highest BCUT2D eigenvalue weighted by atomic mass is 79.9. The zero-order chi connectivity index (χ0) is 20.8. The number of aromatic nitrogens is 4. The highest BCUT2D eigenvalue weighted by Gasteiger charge is 2.26. The molecule has 0 saturated heterocycles. The molecule has 0 aliphatic carbocycles. The summed E-state index contributed by atoms with van der Waals surface area (Å²) >= 11 is 11.4. The van der Waals surface area contributed by atoms with Crippen LogP contribution in [0.2, 0.25) is 0 Å². The van der Waals surface area contributed by atoms with Crippen LogP contribution in [0.5, 0.6) is 0 Å². The fourth-order valence-corrected chi connectivity index (χ4v) is 8.92. The molecule has 1 aromatic carbocycles. The summed E-state index contributed by atoms with van der Waals surface area (Å²) in [4.78, 5) is 38.3. The number of halogens is 2. The lowest BCUT2D eigenvalue weighted by Gasteiger charge is -2.05. The maximum atomic E-state index is 13.6. The fraction of sp³-hybridized carbons (Fsp3) is 0. The molecule has 31 heavy (non-hydrogen) atoms. The zero-order valence-electron chi connectivity index (χ0n) is 14.9. The number of hydrogen-bond acceptors (Lipinski definition) is 7. The summed E-state index contributed by atoms with van der Waals surface area (Å²) in [6.45, 7) is 0. The average Bonchev–Trinajstić information content (AvgIpc) is 3.53. The molecule has 6 nitrogen and oxygen atoms in total. The van der Waals surface area contributed by atoms with E-state index in [4.69, 9.17) is 9.97 Å². The van der Waals surface area contributed by atoms with Gasteiger partial charge in [-0.2, -0.15) is 0 Å². The molecule has 0 atom stereocenters. The van der Waals surface area contributed by atoms with Gasteiger partial charge in [-0.3, -0.25) is 18.4 Å². The summed E-state index contributed by atoms with van der Waals surface area (Å²) in [6, 6.07) is 4.00. The van der Waals surface area contributed by atoms with Crippen molar-refractivity contribution >= 4 is 129 Å². The third-order valence-corrected chi connectivity index (χ3v) is 10.5. The van der Waals surface area contributed by atoms with Crippen LogP contribution >= 0.6 is 65.9 Å². The van der Waals surface area contributed by atoms with E-state index in [2.05, 4.69) is 31.9 Å². The molecule has 11 heteroatoms. The maximum Gasteiger partial charge on any atom is 0.274 e. The van der Waals surface area contributed by atoms with Crippen molar-refractivity contribution in [3.8, 4) is 0 Å². The molecule has 0 saturated carbocycles. The predicted molar refractivity (Wildman–Crippen MR) is 135 cm³/mol. The van der Waals surface area contributed by atoms with Crippen molar-refractivity contribution in [1.82, 2.24) is 18.8 Å². The second-order valence-electron chi connectivity index (χ2n) is 7.30. The Morgan fingerprint density at radius 1 is 0.742 bits per heavy atom. The number of nitrogens with zero attached hydrogens (tertiary/aromatic N) is 4. The third-order valence-electron chi connectivity index (χ3n) is 5.83. The van der Waals surface area contributed by atoms with E-state index in [1.54, 1.807) is 8.80 Å². The Kier molecular flexibility index (Phi) is 3.03. The van der Waals surface area contributed by atoms with Crippen LogP contribution in [-0.2, 0) is 0 Å². The van der Waals surface area contributed by atoms with Gasteiger partial charge in [-0.25, -0.2) is 9.97 Å². The maximum absolute atomic E-state index is 13.6. The van der Waals surface area contributed by atoms with Gasteiger partial charge in [0.15, 0.2) is 0 Å².